The van der Waals surface area contributed by atoms with Gasteiger partial charge in [-0.3, -0.25) is 0 Å². The maximum absolute atomic E-state index is 9.14. The van der Waals surface area contributed by atoms with Crippen molar-refractivity contribution in [2.75, 3.05) is 32.2 Å². The van der Waals surface area contributed by atoms with Crippen molar-refractivity contribution >= 4 is 17.0 Å². The van der Waals surface area contributed by atoms with E-state index in [1.165, 1.54) is 0 Å². The second-order valence-corrected chi connectivity index (χ2v) is 4.07. The highest BCUT2D eigenvalue weighted by Crippen LogP contribution is 2.19. The van der Waals surface area contributed by atoms with E-state index in [1.54, 1.807) is 7.11 Å². The second-order valence-electron chi connectivity index (χ2n) is 4.07. The number of fused-ring (bicyclic) bond motifs is 1. The van der Waals surface area contributed by atoms with Crippen LogP contribution in [0.5, 0.6) is 0 Å². The third-order valence-electron chi connectivity index (χ3n) is 2.79. The Balaban J connectivity index is 2.17. The molecule has 0 atom stereocenters. The first-order valence-electron chi connectivity index (χ1n) is 6.15. The summed E-state index contributed by atoms with van der Waals surface area (Å²) < 4.78 is 7.01. The van der Waals surface area contributed by atoms with E-state index >= 15 is 0 Å². The van der Waals surface area contributed by atoms with Gasteiger partial charge in [0.2, 0.25) is 5.95 Å². The highest BCUT2D eigenvalue weighted by atomic mass is 16.5. The molecule has 18 heavy (non-hydrogen) atoms. The topological polar surface area (TPSA) is 59.3 Å². The van der Waals surface area contributed by atoms with Gasteiger partial charge in [0.25, 0.3) is 0 Å². The van der Waals surface area contributed by atoms with Crippen molar-refractivity contribution in [3.8, 4) is 0 Å². The molecule has 0 aliphatic rings. The molecule has 2 aromatic rings. The summed E-state index contributed by atoms with van der Waals surface area (Å²) in [5.74, 6) is 0.807. The van der Waals surface area contributed by atoms with Gasteiger partial charge in [-0.15, -0.1) is 0 Å². The lowest BCUT2D eigenvalue weighted by Crippen LogP contribution is -2.11. The standard InChI is InChI=1S/C13H19N3O2/c1-18-10-4-7-14-13-15-11-5-2-3-6-12(11)16(13)8-9-17/h2-3,5-6,17H,4,7-10H2,1H3,(H,14,15). The van der Waals surface area contributed by atoms with Crippen LogP contribution in [-0.4, -0.2) is 41.5 Å². The minimum Gasteiger partial charge on any atom is -0.395 e. The van der Waals surface area contributed by atoms with E-state index in [0.717, 1.165) is 36.6 Å². The number of aromatic nitrogens is 2. The van der Waals surface area contributed by atoms with Gasteiger partial charge in [0.1, 0.15) is 0 Å². The number of imidazole rings is 1. The summed E-state index contributed by atoms with van der Waals surface area (Å²) >= 11 is 0. The fraction of sp³-hybridized carbons (Fsp3) is 0.462. The molecule has 0 unspecified atom stereocenters. The second kappa shape index (κ2) is 6.37. The summed E-state index contributed by atoms with van der Waals surface area (Å²) in [6.07, 6.45) is 0.929. The fourth-order valence-electron chi connectivity index (χ4n) is 1.95. The van der Waals surface area contributed by atoms with Crippen LogP contribution >= 0.6 is 0 Å². The van der Waals surface area contributed by atoms with Crippen LogP contribution in [0.25, 0.3) is 11.0 Å². The molecular formula is C13H19N3O2. The molecule has 0 fully saturated rings. The summed E-state index contributed by atoms with van der Waals surface area (Å²) in [6.45, 7) is 2.19. The minimum absolute atomic E-state index is 0.104. The number of nitrogens with zero attached hydrogens (tertiary/aromatic N) is 2. The number of ether oxygens (including phenoxy) is 1. The van der Waals surface area contributed by atoms with Crippen LogP contribution in [0.3, 0.4) is 0 Å². The summed E-state index contributed by atoms with van der Waals surface area (Å²) in [5.41, 5.74) is 1.99. The Morgan fingerprint density at radius 3 is 3.00 bits per heavy atom. The highest BCUT2D eigenvalue weighted by Gasteiger charge is 2.08. The molecule has 2 N–H and O–H groups in total. The Morgan fingerprint density at radius 2 is 2.22 bits per heavy atom. The molecule has 1 aromatic heterocycles. The summed E-state index contributed by atoms with van der Waals surface area (Å²) in [4.78, 5) is 4.53. The number of benzene rings is 1. The lowest BCUT2D eigenvalue weighted by molar-refractivity contribution is 0.197. The van der Waals surface area contributed by atoms with Crippen LogP contribution in [0.1, 0.15) is 6.42 Å². The molecule has 0 saturated heterocycles. The van der Waals surface area contributed by atoms with Gasteiger partial charge in [-0.05, 0) is 18.6 Å². The highest BCUT2D eigenvalue weighted by molar-refractivity contribution is 5.78. The SMILES string of the molecule is COCCCNc1nc2ccccc2n1CCO. The van der Waals surface area contributed by atoms with Crippen molar-refractivity contribution in [2.45, 2.75) is 13.0 Å². The normalized spacial score (nSPS) is 11.0. The fourth-order valence-corrected chi connectivity index (χ4v) is 1.95. The van der Waals surface area contributed by atoms with Crippen LogP contribution in [0.4, 0.5) is 5.95 Å². The van der Waals surface area contributed by atoms with E-state index in [4.69, 9.17) is 9.84 Å². The molecule has 2 rings (SSSR count). The van der Waals surface area contributed by atoms with Gasteiger partial charge in [-0.2, -0.15) is 0 Å². The predicted molar refractivity (Wildman–Crippen MR) is 71.8 cm³/mol. The summed E-state index contributed by atoms with van der Waals surface area (Å²) in [6, 6.07) is 7.93. The van der Waals surface area contributed by atoms with Crippen LogP contribution in [0.2, 0.25) is 0 Å². The number of methoxy groups -OCH3 is 1. The molecule has 0 amide bonds. The molecule has 0 saturated carbocycles. The van der Waals surface area contributed by atoms with Crippen LogP contribution in [0.15, 0.2) is 24.3 Å². The quantitative estimate of drug-likeness (QED) is 0.730. The molecule has 1 heterocycles. The zero-order valence-corrected chi connectivity index (χ0v) is 10.6. The zero-order chi connectivity index (χ0) is 12.8. The van der Waals surface area contributed by atoms with Crippen molar-refractivity contribution < 1.29 is 9.84 Å². The number of anilines is 1. The third kappa shape index (κ3) is 2.80. The molecule has 0 aliphatic heterocycles. The van der Waals surface area contributed by atoms with Crippen LogP contribution in [-0.2, 0) is 11.3 Å². The maximum atomic E-state index is 9.14. The molecule has 98 valence electrons. The Morgan fingerprint density at radius 1 is 1.39 bits per heavy atom. The lowest BCUT2D eigenvalue weighted by Gasteiger charge is -2.09. The molecule has 0 spiro atoms. The molecular weight excluding hydrogens is 230 g/mol. The van der Waals surface area contributed by atoms with Crippen molar-refractivity contribution in [3.63, 3.8) is 0 Å². The lowest BCUT2D eigenvalue weighted by atomic mass is 10.3. The van der Waals surface area contributed by atoms with Gasteiger partial charge in [0, 0.05) is 26.8 Å². The van der Waals surface area contributed by atoms with E-state index in [2.05, 4.69) is 10.3 Å². The molecule has 0 aliphatic carbocycles. The van der Waals surface area contributed by atoms with Crippen LogP contribution < -0.4 is 5.32 Å². The van der Waals surface area contributed by atoms with E-state index in [0.29, 0.717) is 6.54 Å². The van der Waals surface area contributed by atoms with Crippen molar-refractivity contribution in [3.05, 3.63) is 24.3 Å². The average Bonchev–Trinajstić information content (AvgIpc) is 2.74. The molecule has 0 bridgehead atoms. The summed E-state index contributed by atoms with van der Waals surface area (Å²) in [7, 11) is 1.70. The zero-order valence-electron chi connectivity index (χ0n) is 10.6. The van der Waals surface area contributed by atoms with E-state index in [9.17, 15) is 0 Å². The number of hydrogen-bond donors (Lipinski definition) is 2. The molecule has 0 radical (unpaired) electrons. The number of hydrogen-bond acceptors (Lipinski definition) is 4. The minimum atomic E-state index is 0.104. The van der Waals surface area contributed by atoms with E-state index in [-0.39, 0.29) is 6.61 Å². The first kappa shape index (κ1) is 12.9. The van der Waals surface area contributed by atoms with Gasteiger partial charge in [-0.1, -0.05) is 12.1 Å². The maximum Gasteiger partial charge on any atom is 0.203 e. The summed E-state index contributed by atoms with van der Waals surface area (Å²) in [5, 5.41) is 12.4. The van der Waals surface area contributed by atoms with Crippen molar-refractivity contribution in [2.24, 2.45) is 0 Å². The monoisotopic (exact) mass is 249 g/mol. The number of aliphatic hydroxyl groups excluding tert-OH is 1. The third-order valence-corrected chi connectivity index (χ3v) is 2.79. The smallest absolute Gasteiger partial charge is 0.203 e. The number of nitrogens with one attached hydrogen (secondary N) is 1. The first-order chi connectivity index (χ1) is 8.86. The van der Waals surface area contributed by atoms with Gasteiger partial charge < -0.3 is 19.7 Å². The molecule has 5 heteroatoms. The van der Waals surface area contributed by atoms with Crippen molar-refractivity contribution in [1.29, 1.82) is 0 Å². The van der Waals surface area contributed by atoms with Gasteiger partial charge in [0.15, 0.2) is 0 Å². The average molecular weight is 249 g/mol. The van der Waals surface area contributed by atoms with Gasteiger partial charge in [0.05, 0.1) is 17.6 Å². The Kier molecular flexibility index (Phi) is 4.55. The van der Waals surface area contributed by atoms with E-state index < -0.39 is 0 Å². The molecule has 5 nitrogen and oxygen atoms in total. The van der Waals surface area contributed by atoms with Gasteiger partial charge in [-0.25, -0.2) is 4.98 Å². The Bertz CT molecular complexity index is 496. The predicted octanol–water partition coefficient (Wildman–Crippen LogP) is 1.48. The van der Waals surface area contributed by atoms with Crippen LogP contribution in [0, 0.1) is 0 Å². The number of aliphatic hydroxyl groups is 1. The van der Waals surface area contributed by atoms with Crippen molar-refractivity contribution in [1.82, 2.24) is 9.55 Å². The number of rotatable bonds is 7. The number of para-hydroxylation sites is 2. The first-order valence-corrected chi connectivity index (χ1v) is 6.15. The molecule has 1 aromatic carbocycles. The Labute approximate surface area is 106 Å². The largest absolute Gasteiger partial charge is 0.395 e. The van der Waals surface area contributed by atoms with Gasteiger partial charge >= 0.3 is 0 Å². The Hall–Kier alpha value is -1.59. The van der Waals surface area contributed by atoms with E-state index in [1.807, 2.05) is 28.8 Å².